The molecule has 1 aromatic heterocycles. The molecule has 0 radical (unpaired) electrons. The third-order valence-electron chi connectivity index (χ3n) is 5.64. The Hall–Kier alpha value is -3.55. The molecule has 0 aliphatic heterocycles. The molecular formula is C25H31N3O5. The maximum absolute atomic E-state index is 12.7. The van der Waals surface area contributed by atoms with Crippen LogP contribution in [0.5, 0.6) is 17.2 Å². The summed E-state index contributed by atoms with van der Waals surface area (Å²) >= 11 is 0. The molecule has 0 aliphatic carbocycles. The highest BCUT2D eigenvalue weighted by atomic mass is 16.5. The molecular weight excluding hydrogens is 422 g/mol. The number of rotatable bonds is 11. The van der Waals surface area contributed by atoms with E-state index in [1.165, 1.54) is 0 Å². The maximum atomic E-state index is 12.7. The Bertz CT molecular complexity index is 1030. The smallest absolute Gasteiger partial charge is 0.249 e. The molecule has 1 heterocycles. The Labute approximate surface area is 194 Å². The van der Waals surface area contributed by atoms with E-state index in [1.807, 2.05) is 37.3 Å². The van der Waals surface area contributed by atoms with Gasteiger partial charge in [0.1, 0.15) is 6.04 Å². The van der Waals surface area contributed by atoms with Crippen LogP contribution in [0.25, 0.3) is 11.4 Å². The lowest BCUT2D eigenvalue weighted by Crippen LogP contribution is -2.32. The highest BCUT2D eigenvalue weighted by Crippen LogP contribution is 2.40. The molecule has 3 rings (SSSR count). The van der Waals surface area contributed by atoms with Crippen LogP contribution >= 0.6 is 0 Å². The molecule has 3 aromatic rings. The van der Waals surface area contributed by atoms with E-state index in [-0.39, 0.29) is 17.9 Å². The van der Waals surface area contributed by atoms with Crippen LogP contribution in [0.1, 0.15) is 44.2 Å². The molecule has 8 heteroatoms. The van der Waals surface area contributed by atoms with Gasteiger partial charge in [-0.3, -0.25) is 4.79 Å². The fourth-order valence-electron chi connectivity index (χ4n) is 3.52. The number of benzene rings is 2. The first kappa shape index (κ1) is 24.1. The van der Waals surface area contributed by atoms with E-state index in [4.69, 9.17) is 18.7 Å². The zero-order chi connectivity index (χ0) is 23.8. The molecule has 1 N–H and O–H groups in total. The van der Waals surface area contributed by atoms with Crippen LogP contribution in [-0.2, 0) is 11.2 Å². The van der Waals surface area contributed by atoms with Gasteiger partial charge in [-0.25, -0.2) is 0 Å². The molecule has 176 valence electrons. The molecule has 0 saturated heterocycles. The number of carbonyl (C=O) groups excluding carboxylic acids is 1. The monoisotopic (exact) mass is 453 g/mol. The Morgan fingerprint density at radius 3 is 2.30 bits per heavy atom. The summed E-state index contributed by atoms with van der Waals surface area (Å²) < 4.78 is 21.8. The summed E-state index contributed by atoms with van der Waals surface area (Å²) in [6.07, 6.45) is 1.89. The van der Waals surface area contributed by atoms with Crippen molar-refractivity contribution in [2.45, 2.75) is 39.2 Å². The van der Waals surface area contributed by atoms with Crippen molar-refractivity contribution >= 4 is 5.91 Å². The van der Waals surface area contributed by atoms with Crippen molar-refractivity contribution < 1.29 is 23.5 Å². The van der Waals surface area contributed by atoms with Crippen LogP contribution in [0, 0.1) is 5.92 Å². The molecule has 0 fully saturated rings. The van der Waals surface area contributed by atoms with Gasteiger partial charge in [0.25, 0.3) is 0 Å². The summed E-state index contributed by atoms with van der Waals surface area (Å²) in [7, 11) is 4.64. The predicted octanol–water partition coefficient (Wildman–Crippen LogP) is 4.60. The number of ether oxygens (including phenoxy) is 3. The van der Waals surface area contributed by atoms with Gasteiger partial charge in [0, 0.05) is 12.0 Å². The molecule has 0 saturated carbocycles. The highest BCUT2D eigenvalue weighted by Gasteiger charge is 2.27. The largest absolute Gasteiger partial charge is 0.493 e. The van der Waals surface area contributed by atoms with Crippen molar-refractivity contribution in [3.63, 3.8) is 0 Å². The van der Waals surface area contributed by atoms with Crippen LogP contribution in [0.2, 0.25) is 0 Å². The summed E-state index contributed by atoms with van der Waals surface area (Å²) in [5, 5.41) is 7.22. The summed E-state index contributed by atoms with van der Waals surface area (Å²) in [5.41, 5.74) is 1.77. The van der Waals surface area contributed by atoms with E-state index in [9.17, 15) is 4.79 Å². The molecule has 2 atom stereocenters. The van der Waals surface area contributed by atoms with Gasteiger partial charge in [-0.1, -0.05) is 55.8 Å². The van der Waals surface area contributed by atoms with Gasteiger partial charge in [0.2, 0.25) is 23.4 Å². The lowest BCUT2D eigenvalue weighted by atomic mass is 9.98. The quantitative estimate of drug-likeness (QED) is 0.453. The van der Waals surface area contributed by atoms with Gasteiger partial charge in [0.05, 0.1) is 21.3 Å². The van der Waals surface area contributed by atoms with Crippen molar-refractivity contribution in [2.75, 3.05) is 21.3 Å². The number of nitrogens with one attached hydrogen (secondary N) is 1. The van der Waals surface area contributed by atoms with Gasteiger partial charge in [-0.2, -0.15) is 4.98 Å². The minimum absolute atomic E-state index is 0.0586. The first-order chi connectivity index (χ1) is 16.0. The summed E-state index contributed by atoms with van der Waals surface area (Å²) in [4.78, 5) is 17.3. The second-order valence-electron chi connectivity index (χ2n) is 7.79. The summed E-state index contributed by atoms with van der Waals surface area (Å²) in [6.45, 7) is 4.11. The topological polar surface area (TPSA) is 95.7 Å². The number of hydrogen-bond donors (Lipinski definition) is 1. The zero-order valence-electron chi connectivity index (χ0n) is 19.8. The second kappa shape index (κ2) is 11.4. The molecule has 0 unspecified atom stereocenters. The predicted molar refractivity (Wildman–Crippen MR) is 124 cm³/mol. The summed E-state index contributed by atoms with van der Waals surface area (Å²) in [5.74, 6) is 2.25. The third-order valence-corrected chi connectivity index (χ3v) is 5.64. The molecule has 0 spiro atoms. The standard InChI is InChI=1S/C25H31N3O5/c1-6-16(2)22(26-21(29)13-12-17-10-8-7-9-11-17)25-27-24(28-33-25)18-14-19(30-3)23(32-5)20(15-18)31-4/h7-11,14-16,22H,6,12-13H2,1-5H3,(H,26,29)/t16-,22+/m0/s1. The van der Waals surface area contributed by atoms with E-state index in [2.05, 4.69) is 22.4 Å². The maximum Gasteiger partial charge on any atom is 0.249 e. The minimum Gasteiger partial charge on any atom is -0.493 e. The highest BCUT2D eigenvalue weighted by molar-refractivity contribution is 5.76. The second-order valence-corrected chi connectivity index (χ2v) is 7.79. The first-order valence-electron chi connectivity index (χ1n) is 11.0. The van der Waals surface area contributed by atoms with E-state index < -0.39 is 0 Å². The van der Waals surface area contributed by atoms with Gasteiger partial charge in [-0.15, -0.1) is 0 Å². The number of carbonyl (C=O) groups is 1. The molecule has 0 bridgehead atoms. The van der Waals surface area contributed by atoms with E-state index in [0.717, 1.165) is 12.0 Å². The van der Waals surface area contributed by atoms with Crippen molar-refractivity contribution in [1.82, 2.24) is 15.5 Å². The average Bonchev–Trinajstić information content (AvgIpc) is 3.35. The van der Waals surface area contributed by atoms with E-state index in [1.54, 1.807) is 33.5 Å². The van der Waals surface area contributed by atoms with E-state index >= 15 is 0 Å². The number of hydrogen-bond acceptors (Lipinski definition) is 7. The van der Waals surface area contributed by atoms with Gasteiger partial charge < -0.3 is 24.1 Å². The van der Waals surface area contributed by atoms with Crippen molar-refractivity contribution in [1.29, 1.82) is 0 Å². The van der Waals surface area contributed by atoms with Gasteiger partial charge in [0.15, 0.2) is 11.5 Å². The third kappa shape index (κ3) is 5.83. The molecule has 1 amide bonds. The number of amides is 1. The van der Waals surface area contributed by atoms with Gasteiger partial charge in [-0.05, 0) is 30.0 Å². The fraction of sp³-hybridized carbons (Fsp3) is 0.400. The summed E-state index contributed by atoms with van der Waals surface area (Å²) in [6, 6.07) is 13.1. The molecule has 0 aliphatic rings. The number of methoxy groups -OCH3 is 3. The Kier molecular flexibility index (Phi) is 8.29. The zero-order valence-corrected chi connectivity index (χ0v) is 19.8. The number of aryl methyl sites for hydroxylation is 1. The van der Waals surface area contributed by atoms with Crippen LogP contribution in [-0.4, -0.2) is 37.4 Å². The van der Waals surface area contributed by atoms with Gasteiger partial charge >= 0.3 is 0 Å². The molecule has 33 heavy (non-hydrogen) atoms. The van der Waals surface area contributed by atoms with Crippen molar-refractivity contribution in [2.24, 2.45) is 5.92 Å². The molecule has 2 aromatic carbocycles. The van der Waals surface area contributed by atoms with E-state index in [0.29, 0.717) is 47.4 Å². The normalized spacial score (nSPS) is 12.6. The number of aromatic nitrogens is 2. The van der Waals surface area contributed by atoms with Crippen LogP contribution in [0.3, 0.4) is 0 Å². The Balaban J connectivity index is 1.80. The minimum atomic E-state index is -0.387. The first-order valence-corrected chi connectivity index (χ1v) is 11.0. The number of nitrogens with zero attached hydrogens (tertiary/aromatic N) is 2. The fourth-order valence-corrected chi connectivity index (χ4v) is 3.52. The SMILES string of the molecule is CC[C@H](C)[C@@H](NC(=O)CCc1ccccc1)c1nc(-c2cc(OC)c(OC)c(OC)c2)no1. The van der Waals surface area contributed by atoms with Crippen molar-refractivity contribution in [3.05, 3.63) is 53.9 Å². The molecule has 8 nitrogen and oxygen atoms in total. The Morgan fingerprint density at radius 1 is 1.06 bits per heavy atom. The van der Waals surface area contributed by atoms with Crippen LogP contribution in [0.4, 0.5) is 0 Å². The van der Waals surface area contributed by atoms with Crippen molar-refractivity contribution in [3.8, 4) is 28.6 Å². The Morgan fingerprint density at radius 2 is 1.73 bits per heavy atom. The lowest BCUT2D eigenvalue weighted by molar-refractivity contribution is -0.122. The van der Waals surface area contributed by atoms with Crippen LogP contribution < -0.4 is 19.5 Å². The lowest BCUT2D eigenvalue weighted by Gasteiger charge is -2.20. The average molecular weight is 454 g/mol. The van der Waals surface area contributed by atoms with Crippen LogP contribution in [0.15, 0.2) is 47.0 Å².